The third-order valence-electron chi connectivity index (χ3n) is 7.24. The molecule has 2 aromatic heterocycles. The first-order chi connectivity index (χ1) is 19.7. The van der Waals surface area contributed by atoms with Gasteiger partial charge in [-0.1, -0.05) is 66.5 Å². The number of benzene rings is 2. The third-order valence-corrected chi connectivity index (χ3v) is 7.24. The summed E-state index contributed by atoms with van der Waals surface area (Å²) >= 11 is 0. The van der Waals surface area contributed by atoms with Crippen LogP contribution in [0.1, 0.15) is 49.3 Å². The van der Waals surface area contributed by atoms with E-state index in [-0.39, 0.29) is 23.3 Å². The van der Waals surface area contributed by atoms with Crippen LogP contribution in [-0.4, -0.2) is 38.5 Å². The average molecular weight is 562 g/mol. The van der Waals surface area contributed by atoms with Gasteiger partial charge >= 0.3 is 12.2 Å². The van der Waals surface area contributed by atoms with Crippen molar-refractivity contribution in [2.75, 3.05) is 16.0 Å². The molecule has 1 atom stereocenters. The van der Waals surface area contributed by atoms with Crippen molar-refractivity contribution in [3.05, 3.63) is 83.6 Å². The van der Waals surface area contributed by atoms with E-state index in [0.717, 1.165) is 49.1 Å². The van der Waals surface area contributed by atoms with Gasteiger partial charge in [-0.15, -0.1) is 5.10 Å². The van der Waals surface area contributed by atoms with Gasteiger partial charge in [0.25, 0.3) is 11.8 Å². The molecule has 210 valence electrons. The quantitative estimate of drug-likeness (QED) is 0.260. The number of halogens is 3. The summed E-state index contributed by atoms with van der Waals surface area (Å²) in [5.74, 6) is -0.554. The zero-order valence-electron chi connectivity index (χ0n) is 22.0. The molecule has 2 aromatic carbocycles. The molecule has 3 N–H and O–H groups in total. The van der Waals surface area contributed by atoms with Crippen molar-refractivity contribution in [2.45, 2.75) is 50.5 Å². The van der Waals surface area contributed by atoms with E-state index in [9.17, 15) is 18.0 Å². The van der Waals surface area contributed by atoms with Gasteiger partial charge in [-0.25, -0.2) is 9.98 Å². The van der Waals surface area contributed by atoms with Crippen molar-refractivity contribution in [3.63, 3.8) is 0 Å². The molecule has 2 aliphatic rings. The normalized spacial score (nSPS) is 18.2. The second-order valence-corrected chi connectivity index (χ2v) is 10.3. The summed E-state index contributed by atoms with van der Waals surface area (Å²) in [6.45, 7) is 1.97. The monoisotopic (exact) mass is 561 g/mol. The number of nitrogens with one attached hydrogen (secondary N) is 3. The van der Waals surface area contributed by atoms with Gasteiger partial charge in [0.2, 0.25) is 6.17 Å². The molecule has 3 heterocycles. The summed E-state index contributed by atoms with van der Waals surface area (Å²) < 4.78 is 46.3. The van der Waals surface area contributed by atoms with E-state index in [1.165, 1.54) is 0 Å². The second kappa shape index (κ2) is 10.3. The second-order valence-electron chi connectivity index (χ2n) is 10.3. The summed E-state index contributed by atoms with van der Waals surface area (Å²) in [5.41, 5.74) is 1.67. The van der Waals surface area contributed by atoms with E-state index < -0.39 is 29.4 Å². The molecule has 9 nitrogen and oxygen atoms in total. The number of aromatic nitrogens is 3. The van der Waals surface area contributed by atoms with E-state index in [2.05, 4.69) is 31.1 Å². The molecule has 0 bridgehead atoms. The maximum atomic E-state index is 13.5. The number of carbonyl (C=O) groups is 1. The zero-order valence-corrected chi connectivity index (χ0v) is 22.0. The summed E-state index contributed by atoms with van der Waals surface area (Å²) in [6.07, 6.45) is -1.42. The number of aliphatic imine (C=N–C) groups is 1. The van der Waals surface area contributed by atoms with Gasteiger partial charge in [0.05, 0.1) is 22.6 Å². The molecule has 1 unspecified atom stereocenters. The number of nitrogens with zero attached hydrogens (tertiary/aromatic N) is 4. The first kappa shape index (κ1) is 26.5. The fourth-order valence-corrected chi connectivity index (χ4v) is 5.17. The Balaban J connectivity index is 1.33. The van der Waals surface area contributed by atoms with Gasteiger partial charge in [-0.2, -0.15) is 13.2 Å². The van der Waals surface area contributed by atoms with Crippen molar-refractivity contribution in [1.29, 1.82) is 0 Å². The Bertz CT molecular complexity index is 1610. The van der Waals surface area contributed by atoms with Gasteiger partial charge in [0, 0.05) is 22.9 Å². The predicted molar refractivity (Wildman–Crippen MR) is 148 cm³/mol. The molecule has 12 heteroatoms. The van der Waals surface area contributed by atoms with Crippen LogP contribution >= 0.6 is 0 Å². The van der Waals surface area contributed by atoms with E-state index in [4.69, 9.17) is 9.41 Å². The molecular weight excluding hydrogens is 535 g/mol. The van der Waals surface area contributed by atoms with Crippen LogP contribution in [-0.2, 0) is 11.0 Å². The number of amides is 1. The van der Waals surface area contributed by atoms with E-state index in [0.29, 0.717) is 11.4 Å². The number of hydrogen-bond acceptors (Lipinski definition) is 8. The van der Waals surface area contributed by atoms with Crippen LogP contribution in [0.5, 0.6) is 0 Å². The highest BCUT2D eigenvalue weighted by Crippen LogP contribution is 2.39. The molecule has 4 aromatic rings. The van der Waals surface area contributed by atoms with Gasteiger partial charge in [-0.3, -0.25) is 4.79 Å². The van der Waals surface area contributed by atoms with Gasteiger partial charge < -0.3 is 20.4 Å². The first-order valence-electron chi connectivity index (χ1n) is 13.2. The molecule has 0 saturated heterocycles. The molecular formula is C29H26F3N7O2. The lowest BCUT2D eigenvalue weighted by Gasteiger charge is -2.27. The predicted octanol–water partition coefficient (Wildman–Crippen LogP) is 6.12. The molecule has 41 heavy (non-hydrogen) atoms. The van der Waals surface area contributed by atoms with Crippen molar-refractivity contribution in [3.8, 4) is 11.6 Å². The topological polar surface area (TPSA) is 117 Å². The molecule has 1 saturated carbocycles. The largest absolute Gasteiger partial charge is 0.417 e. The Labute approximate surface area is 233 Å². The van der Waals surface area contributed by atoms with Gasteiger partial charge in [-0.05, 0) is 31.9 Å². The minimum absolute atomic E-state index is 0.0814. The highest BCUT2D eigenvalue weighted by Gasteiger charge is 2.35. The van der Waals surface area contributed by atoms with Crippen molar-refractivity contribution < 1.29 is 22.4 Å². The minimum Gasteiger partial charge on any atom is -0.402 e. The standard InChI is InChI=1S/C29H26F3N7O2/c1-28(13-7-8-14-28)37-21-15-18(29(30,31)32)16-33-23(21)26-38-39-27(41-26)36-24-25(40)34-20-12-6-5-11-19(20)22(35-24)17-9-3-2-4-10-17/h2-6,9-12,15-16,24,37H,7-8,13-14H2,1H3,(H,34,40)(H,36,39). The van der Waals surface area contributed by atoms with Crippen LogP contribution in [0.25, 0.3) is 11.6 Å². The summed E-state index contributed by atoms with van der Waals surface area (Å²) in [5, 5.41) is 17.0. The first-order valence-corrected chi connectivity index (χ1v) is 13.2. The Morgan fingerprint density at radius 3 is 2.51 bits per heavy atom. The smallest absolute Gasteiger partial charge is 0.402 e. The number of fused-ring (bicyclic) bond motifs is 1. The number of anilines is 3. The van der Waals surface area contributed by atoms with Crippen LogP contribution in [0.4, 0.5) is 30.6 Å². The minimum atomic E-state index is -4.57. The van der Waals surface area contributed by atoms with Crippen LogP contribution in [0.2, 0.25) is 0 Å². The van der Waals surface area contributed by atoms with Crippen molar-refractivity contribution in [1.82, 2.24) is 15.2 Å². The van der Waals surface area contributed by atoms with Crippen LogP contribution in [0.3, 0.4) is 0 Å². The number of para-hydroxylation sites is 1. The van der Waals surface area contributed by atoms with Crippen molar-refractivity contribution >= 4 is 29.0 Å². The maximum absolute atomic E-state index is 13.5. The van der Waals surface area contributed by atoms with E-state index >= 15 is 0 Å². The number of carbonyl (C=O) groups excluding carboxylic acids is 1. The SMILES string of the molecule is CC1(Nc2cc(C(F)(F)F)cnc2-c2nnc(NC3N=C(c4ccccc4)c4ccccc4NC3=O)o2)CCCC1. The molecule has 1 aliphatic carbocycles. The summed E-state index contributed by atoms with van der Waals surface area (Å²) in [4.78, 5) is 21.9. The molecule has 0 radical (unpaired) electrons. The number of rotatable bonds is 6. The summed E-state index contributed by atoms with van der Waals surface area (Å²) in [7, 11) is 0. The lowest BCUT2D eigenvalue weighted by molar-refractivity contribution is -0.137. The van der Waals surface area contributed by atoms with E-state index in [1.54, 1.807) is 6.07 Å². The molecule has 1 aliphatic heterocycles. The molecule has 1 amide bonds. The highest BCUT2D eigenvalue weighted by atomic mass is 19.4. The molecule has 6 rings (SSSR count). The Morgan fingerprint density at radius 1 is 1.02 bits per heavy atom. The highest BCUT2D eigenvalue weighted by molar-refractivity contribution is 6.19. The summed E-state index contributed by atoms with van der Waals surface area (Å²) in [6, 6.07) is 17.6. The fraction of sp³-hybridized carbons (Fsp3) is 0.276. The van der Waals surface area contributed by atoms with Crippen LogP contribution in [0, 0.1) is 0 Å². The lowest BCUT2D eigenvalue weighted by Crippen LogP contribution is -2.32. The van der Waals surface area contributed by atoms with Crippen LogP contribution < -0.4 is 16.0 Å². The fourth-order valence-electron chi connectivity index (χ4n) is 5.17. The van der Waals surface area contributed by atoms with Crippen LogP contribution in [0.15, 0.2) is 76.3 Å². The number of benzodiazepines with no additional fused rings is 1. The Kier molecular flexibility index (Phi) is 6.68. The Morgan fingerprint density at radius 2 is 1.76 bits per heavy atom. The van der Waals surface area contributed by atoms with Crippen molar-refractivity contribution in [2.24, 2.45) is 4.99 Å². The maximum Gasteiger partial charge on any atom is 0.417 e. The van der Waals surface area contributed by atoms with Gasteiger partial charge in [0.1, 0.15) is 0 Å². The molecule has 1 fully saturated rings. The molecule has 0 spiro atoms. The number of alkyl halides is 3. The number of pyridine rings is 1. The third kappa shape index (κ3) is 5.49. The number of hydrogen-bond donors (Lipinski definition) is 3. The van der Waals surface area contributed by atoms with Gasteiger partial charge in [0.15, 0.2) is 5.69 Å². The average Bonchev–Trinajstić information content (AvgIpc) is 3.57. The Hall–Kier alpha value is -4.74. The lowest BCUT2D eigenvalue weighted by atomic mass is 9.99. The zero-order chi connectivity index (χ0) is 28.6. The van der Waals surface area contributed by atoms with E-state index in [1.807, 2.05) is 55.5 Å².